The molecule has 2 aromatic heterocycles. The Hall–Kier alpha value is -4.30. The number of nitrogens with one attached hydrogen (secondary N) is 4. The second-order valence-corrected chi connectivity index (χ2v) is 9.71. The molecule has 216 valence electrons. The summed E-state index contributed by atoms with van der Waals surface area (Å²) in [6.45, 7) is 3.97. The highest BCUT2D eigenvalue weighted by Crippen LogP contribution is 2.23. The van der Waals surface area contributed by atoms with Crippen LogP contribution in [0.2, 0.25) is 0 Å². The maximum absolute atomic E-state index is 12.9. The number of piperidine rings is 1. The van der Waals surface area contributed by atoms with Crippen molar-refractivity contribution >= 4 is 35.0 Å². The molecule has 14 heteroatoms. The molecule has 1 aliphatic heterocycles. The third-order valence-corrected chi connectivity index (χ3v) is 6.55. The Kier molecular flexibility index (Phi) is 9.35. The third kappa shape index (κ3) is 7.89. The van der Waals surface area contributed by atoms with Crippen LogP contribution in [0.5, 0.6) is 5.75 Å². The van der Waals surface area contributed by atoms with Gasteiger partial charge >= 0.3 is 12.1 Å². The van der Waals surface area contributed by atoms with Gasteiger partial charge in [0.05, 0.1) is 11.4 Å². The lowest BCUT2D eigenvalue weighted by atomic mass is 9.92. The number of aromatic nitrogens is 4. The number of carbonyl (C=O) groups is 2. The molecule has 5 N–H and O–H groups in total. The Morgan fingerprint density at radius 2 is 1.88 bits per heavy atom. The second-order valence-electron chi connectivity index (χ2n) is 9.30. The minimum atomic E-state index is -5.08. The Balaban J connectivity index is 0.000000493. The van der Waals surface area contributed by atoms with E-state index in [9.17, 15) is 18.0 Å². The summed E-state index contributed by atoms with van der Waals surface area (Å²) in [4.78, 5) is 29.5. The minimum Gasteiger partial charge on any atom is -0.489 e. The average Bonchev–Trinajstić information content (AvgIpc) is 3.38. The molecular weight excluding hydrogens is 561 g/mol. The van der Waals surface area contributed by atoms with Crippen molar-refractivity contribution in [2.75, 3.05) is 13.1 Å². The first-order valence-corrected chi connectivity index (χ1v) is 13.0. The molecule has 1 saturated heterocycles. The number of aromatic amines is 2. The Labute approximate surface area is 237 Å². The van der Waals surface area contributed by atoms with Crippen LogP contribution in [0.3, 0.4) is 0 Å². The van der Waals surface area contributed by atoms with Crippen LogP contribution in [0.25, 0.3) is 10.9 Å². The molecule has 1 fully saturated rings. The number of fused-ring (bicyclic) bond motifs is 1. The molecule has 0 aliphatic carbocycles. The summed E-state index contributed by atoms with van der Waals surface area (Å²) in [6.07, 6.45) is -4.27. The van der Waals surface area contributed by atoms with Crippen LogP contribution < -0.4 is 15.4 Å². The van der Waals surface area contributed by atoms with Crippen molar-refractivity contribution in [1.82, 2.24) is 30.8 Å². The summed E-state index contributed by atoms with van der Waals surface area (Å²) in [5, 5.41) is 21.7. The van der Waals surface area contributed by atoms with E-state index in [0.29, 0.717) is 22.7 Å². The molecule has 0 bridgehead atoms. The molecule has 5 rings (SSSR count). The van der Waals surface area contributed by atoms with Gasteiger partial charge in [-0.2, -0.15) is 18.3 Å². The Morgan fingerprint density at radius 1 is 1.17 bits per heavy atom. The number of ether oxygens (including phenoxy) is 1. The van der Waals surface area contributed by atoms with Gasteiger partial charge in [0.1, 0.15) is 18.2 Å². The third-order valence-electron chi connectivity index (χ3n) is 6.35. The van der Waals surface area contributed by atoms with Crippen molar-refractivity contribution in [3.8, 4) is 5.75 Å². The number of amides is 1. The van der Waals surface area contributed by atoms with Crippen molar-refractivity contribution < 1.29 is 32.6 Å². The van der Waals surface area contributed by atoms with Gasteiger partial charge < -0.3 is 25.5 Å². The highest BCUT2D eigenvalue weighted by Gasteiger charge is 2.38. The summed E-state index contributed by atoms with van der Waals surface area (Å²) < 4.78 is 38.2. The van der Waals surface area contributed by atoms with Crippen molar-refractivity contribution in [1.29, 1.82) is 0 Å². The van der Waals surface area contributed by atoms with Gasteiger partial charge in [-0.25, -0.2) is 4.79 Å². The molecule has 1 amide bonds. The minimum absolute atomic E-state index is 0.0203. The van der Waals surface area contributed by atoms with Gasteiger partial charge in [0.25, 0.3) is 5.91 Å². The lowest BCUT2D eigenvalue weighted by Gasteiger charge is -2.31. The average molecular weight is 589 g/mol. The second kappa shape index (κ2) is 12.9. The van der Waals surface area contributed by atoms with Gasteiger partial charge in [-0.1, -0.05) is 18.2 Å². The Morgan fingerprint density at radius 3 is 2.54 bits per heavy atom. The normalized spacial score (nSPS) is 16.9. The van der Waals surface area contributed by atoms with Gasteiger partial charge in [0, 0.05) is 34.8 Å². The molecule has 0 unspecified atom stereocenters. The van der Waals surface area contributed by atoms with Crippen LogP contribution in [0.1, 0.15) is 39.8 Å². The van der Waals surface area contributed by atoms with Crippen LogP contribution in [-0.4, -0.2) is 62.5 Å². The monoisotopic (exact) mass is 588 g/mol. The zero-order chi connectivity index (χ0) is 29.6. The largest absolute Gasteiger partial charge is 0.490 e. The van der Waals surface area contributed by atoms with E-state index in [1.54, 1.807) is 12.1 Å². The number of benzene rings is 2. The maximum atomic E-state index is 12.9. The Bertz CT molecular complexity index is 1570. The standard InChI is InChI=1S/C25H26N6O2S.C2HF3O2/c1-15-12-17(19-4-2-3-5-21(19)27-15)14-33-18-8-6-16(7-9-18)24(32)28-22-10-11-26-13-20(22)23-29-25(34)31-30-23;3-2(4,5)1(6)7/h2-9,12,20,22,26H,10-11,13-14H2,1H3,(H,28,32)(H2,29,30,31,34);(H,6,7)/t20-,22+;/m0./s1. The highest BCUT2D eigenvalue weighted by atomic mass is 32.1. The summed E-state index contributed by atoms with van der Waals surface area (Å²) >= 11 is 5.10. The number of nitrogens with zero attached hydrogens (tertiary/aromatic N) is 2. The van der Waals surface area contributed by atoms with E-state index in [1.807, 2.05) is 43.3 Å². The first-order valence-electron chi connectivity index (χ1n) is 12.6. The smallest absolute Gasteiger partial charge is 0.489 e. The molecule has 4 aromatic rings. The SMILES string of the molecule is Cc1cc(COc2ccc(C(=O)N[C@@H]3CCNC[C@@H]3c3n[nH]c(=S)[nH]3)cc2)c2ccccc2n1.O=C(O)C(F)(F)F. The fourth-order valence-electron chi connectivity index (χ4n) is 4.41. The molecule has 0 radical (unpaired) electrons. The van der Waals surface area contributed by atoms with Crippen molar-refractivity contribution in [2.24, 2.45) is 0 Å². The summed E-state index contributed by atoms with van der Waals surface area (Å²) in [7, 11) is 0. The van der Waals surface area contributed by atoms with Crippen molar-refractivity contribution in [3.63, 3.8) is 0 Å². The van der Waals surface area contributed by atoms with E-state index in [1.165, 1.54) is 0 Å². The number of carbonyl (C=O) groups excluding carboxylic acids is 1. The summed E-state index contributed by atoms with van der Waals surface area (Å²) in [6, 6.07) is 17.3. The van der Waals surface area contributed by atoms with Crippen LogP contribution in [0.15, 0.2) is 54.6 Å². The van der Waals surface area contributed by atoms with Crippen molar-refractivity contribution in [2.45, 2.75) is 38.1 Å². The van der Waals surface area contributed by atoms with Crippen molar-refractivity contribution in [3.05, 3.63) is 82.0 Å². The molecule has 1 aliphatic rings. The number of carboxylic acids is 1. The zero-order valence-corrected chi connectivity index (χ0v) is 22.6. The van der Waals surface area contributed by atoms with Crippen LogP contribution >= 0.6 is 12.2 Å². The predicted molar refractivity (Wildman–Crippen MR) is 146 cm³/mol. The molecule has 10 nitrogen and oxygen atoms in total. The quantitative estimate of drug-likeness (QED) is 0.208. The number of aryl methyl sites for hydroxylation is 1. The number of hydrogen-bond donors (Lipinski definition) is 5. The first kappa shape index (κ1) is 29.7. The molecular formula is C27H27F3N6O4S. The van der Waals surface area contributed by atoms with E-state index in [0.717, 1.165) is 47.5 Å². The summed E-state index contributed by atoms with van der Waals surface area (Å²) in [5.74, 6) is -1.39. The van der Waals surface area contributed by atoms with Gasteiger partial charge in [-0.3, -0.25) is 14.9 Å². The van der Waals surface area contributed by atoms with E-state index in [4.69, 9.17) is 26.9 Å². The zero-order valence-electron chi connectivity index (χ0n) is 21.8. The van der Waals surface area contributed by atoms with Crippen LogP contribution in [0, 0.1) is 11.7 Å². The van der Waals surface area contributed by atoms with Gasteiger partial charge in [0.15, 0.2) is 4.77 Å². The number of aliphatic carboxylic acids is 1. The number of pyridine rings is 1. The molecule has 41 heavy (non-hydrogen) atoms. The fraction of sp³-hybridized carbons (Fsp3) is 0.296. The van der Waals surface area contributed by atoms with Gasteiger partial charge in [-0.15, -0.1) is 0 Å². The molecule has 3 heterocycles. The van der Waals surface area contributed by atoms with E-state index >= 15 is 0 Å². The highest BCUT2D eigenvalue weighted by molar-refractivity contribution is 7.71. The van der Waals surface area contributed by atoms with Gasteiger partial charge in [-0.05, 0) is 68.5 Å². The van der Waals surface area contributed by atoms with Crippen LogP contribution in [-0.2, 0) is 11.4 Å². The number of H-pyrrole nitrogens is 2. The molecule has 0 spiro atoms. The number of alkyl halides is 3. The topological polar surface area (TPSA) is 145 Å². The van der Waals surface area contributed by atoms with E-state index in [-0.39, 0.29) is 17.9 Å². The van der Waals surface area contributed by atoms with E-state index < -0.39 is 12.1 Å². The van der Waals surface area contributed by atoms with E-state index in [2.05, 4.69) is 36.9 Å². The van der Waals surface area contributed by atoms with Crippen LogP contribution in [0.4, 0.5) is 13.2 Å². The molecule has 0 saturated carbocycles. The molecule has 2 atom stereocenters. The fourth-order valence-corrected chi connectivity index (χ4v) is 4.56. The maximum Gasteiger partial charge on any atom is 0.490 e. The number of rotatable bonds is 6. The number of para-hydroxylation sites is 1. The number of carboxylic acid groups (broad SMARTS) is 1. The lowest BCUT2D eigenvalue weighted by molar-refractivity contribution is -0.192. The molecule has 2 aromatic carbocycles. The number of hydrogen-bond acceptors (Lipinski definition) is 7. The summed E-state index contributed by atoms with van der Waals surface area (Å²) in [5.41, 5.74) is 3.58. The van der Waals surface area contributed by atoms with Gasteiger partial charge in [0.2, 0.25) is 0 Å². The first-order chi connectivity index (χ1) is 19.5. The lowest BCUT2D eigenvalue weighted by Crippen LogP contribution is -2.48. The number of halogens is 3. The predicted octanol–water partition coefficient (Wildman–Crippen LogP) is 4.41.